The number of aliphatic hydroxyl groups excluding tert-OH is 2. The van der Waals surface area contributed by atoms with Gasteiger partial charge in [0, 0.05) is 42.7 Å². The molecule has 0 unspecified atom stereocenters. The fraction of sp³-hybridized carbons (Fsp3) is 0.304. The van der Waals surface area contributed by atoms with Crippen molar-refractivity contribution in [2.24, 2.45) is 0 Å². The number of aryl methyl sites for hydroxylation is 1. The summed E-state index contributed by atoms with van der Waals surface area (Å²) >= 11 is 13.6. The number of ether oxygens (including phenoxy) is 3. The quantitative estimate of drug-likeness (QED) is 0.0419. The van der Waals surface area contributed by atoms with Crippen LogP contribution >= 0.6 is 23.2 Å². The van der Waals surface area contributed by atoms with Crippen molar-refractivity contribution in [1.29, 1.82) is 5.26 Å². The average molecular weight is 857 g/mol. The number of hydrogen-bond acceptors (Lipinski definition) is 10. The molecule has 0 bridgehead atoms. The molecule has 0 aliphatic carbocycles. The number of benzene rings is 4. The Balaban J connectivity index is 1.30. The number of nitriles is 1. The van der Waals surface area contributed by atoms with Gasteiger partial charge in [-0.1, -0.05) is 59.6 Å². The van der Waals surface area contributed by atoms with Crippen molar-refractivity contribution in [3.05, 3.63) is 129 Å². The van der Waals surface area contributed by atoms with Gasteiger partial charge in [-0.05, 0) is 102 Å². The number of carbonyl (C=O) groups is 2. The van der Waals surface area contributed by atoms with Crippen LogP contribution in [0.1, 0.15) is 59.1 Å². The van der Waals surface area contributed by atoms with E-state index in [1.807, 2.05) is 43.3 Å². The van der Waals surface area contributed by atoms with E-state index in [2.05, 4.69) is 35.4 Å². The fourth-order valence-corrected chi connectivity index (χ4v) is 7.24. The van der Waals surface area contributed by atoms with Crippen molar-refractivity contribution in [3.8, 4) is 45.6 Å². The summed E-state index contributed by atoms with van der Waals surface area (Å²) < 4.78 is 18.4. The maximum Gasteiger partial charge on any atom is 0.306 e. The van der Waals surface area contributed by atoms with Gasteiger partial charge in [0.25, 0.3) is 0 Å². The van der Waals surface area contributed by atoms with E-state index < -0.39 is 24.1 Å². The smallest absolute Gasteiger partial charge is 0.306 e. The van der Waals surface area contributed by atoms with E-state index in [1.54, 1.807) is 30.5 Å². The molecule has 0 amide bonds. The third-order valence-corrected chi connectivity index (χ3v) is 10.5. The summed E-state index contributed by atoms with van der Waals surface area (Å²) in [7, 11) is 0. The van der Waals surface area contributed by atoms with E-state index in [9.17, 15) is 25.1 Å². The van der Waals surface area contributed by atoms with Crippen LogP contribution in [0, 0.1) is 25.2 Å². The Bertz CT molecular complexity index is 2330. The predicted octanol–water partition coefficient (Wildman–Crippen LogP) is 8.33. The maximum atomic E-state index is 11.0. The van der Waals surface area contributed by atoms with Gasteiger partial charge in [0.15, 0.2) is 0 Å². The molecule has 0 saturated heterocycles. The van der Waals surface area contributed by atoms with Crippen LogP contribution in [0.3, 0.4) is 0 Å². The van der Waals surface area contributed by atoms with Crippen LogP contribution in [-0.4, -0.2) is 69.3 Å². The van der Waals surface area contributed by atoms with Crippen molar-refractivity contribution in [3.63, 3.8) is 0 Å². The number of aliphatic hydroxyl groups is 2. The Kier molecular flexibility index (Phi) is 16.7. The van der Waals surface area contributed by atoms with Gasteiger partial charge in [0.2, 0.25) is 0 Å². The lowest BCUT2D eigenvalue weighted by atomic mass is 9.89. The van der Waals surface area contributed by atoms with Gasteiger partial charge in [-0.25, -0.2) is 0 Å². The number of nitrogens with zero attached hydrogens (tertiary/aromatic N) is 2. The highest BCUT2D eigenvalue weighted by molar-refractivity contribution is 6.33. The number of hydrogen-bond donors (Lipinski definition) is 5. The molecule has 4 aromatic carbocycles. The second kappa shape index (κ2) is 22.1. The van der Waals surface area contributed by atoms with E-state index >= 15 is 0 Å². The van der Waals surface area contributed by atoms with E-state index in [-0.39, 0.29) is 39.0 Å². The zero-order chi connectivity index (χ0) is 43.2. The summed E-state index contributed by atoms with van der Waals surface area (Å²) in [6.07, 6.45) is 1.73. The summed E-state index contributed by atoms with van der Waals surface area (Å²) in [5.41, 5.74) is 8.72. The Hall–Kier alpha value is -5.68. The van der Waals surface area contributed by atoms with E-state index in [0.29, 0.717) is 64.4 Å². The molecule has 5 N–H and O–H groups in total. The summed E-state index contributed by atoms with van der Waals surface area (Å²) in [6, 6.07) is 24.9. The molecule has 5 aromatic rings. The number of carboxylic acid groups (broad SMARTS) is 2. The van der Waals surface area contributed by atoms with Crippen LogP contribution in [0.4, 0.5) is 0 Å². The number of aromatic nitrogens is 1. The molecule has 0 radical (unpaired) electrons. The molecule has 60 heavy (non-hydrogen) atoms. The number of nitrogens with one attached hydrogen (secondary N) is 1. The van der Waals surface area contributed by atoms with Gasteiger partial charge in [0.05, 0.1) is 40.7 Å². The molecule has 1 aromatic heterocycles. The fourth-order valence-electron chi connectivity index (χ4n) is 6.73. The highest BCUT2D eigenvalue weighted by atomic mass is 35.5. The van der Waals surface area contributed by atoms with E-state index in [4.69, 9.17) is 47.6 Å². The molecular weight excluding hydrogens is 809 g/mol. The van der Waals surface area contributed by atoms with Gasteiger partial charge in [0.1, 0.15) is 43.1 Å². The molecular formula is C46H47Cl2N3O9. The Labute approximate surface area is 358 Å². The third kappa shape index (κ3) is 12.9. The molecule has 1 heterocycles. The molecule has 0 fully saturated rings. The second-order valence-corrected chi connectivity index (χ2v) is 15.1. The first-order valence-corrected chi connectivity index (χ1v) is 20.1. The average Bonchev–Trinajstić information content (AvgIpc) is 3.20. The minimum atomic E-state index is -1.06. The second-order valence-electron chi connectivity index (χ2n) is 14.3. The summed E-state index contributed by atoms with van der Waals surface area (Å²) in [6.45, 7) is 5.30. The normalized spacial score (nSPS) is 12.0. The summed E-state index contributed by atoms with van der Waals surface area (Å²) in [5.74, 6) is -0.633. The van der Waals surface area contributed by atoms with Crippen molar-refractivity contribution in [1.82, 2.24) is 10.3 Å². The standard InChI is InChI=1S/C46H47Cl2N3O9/c1-28-33(27-60-44-21-43(59-26-31-16-30(22-49)23-51-24-31)32(17-42(44)48)6-3-8-34(52)18-45(54)55)7-4-9-37(28)38-10-5-11-39(29(38)2)40-13-12-36(20-41(40)47)58-15-14-50-25-35(53)19-46(56)57/h4-5,7,9-13,16-17,20-21,23-24,34-35,50,52-53H,3,6,8,14-15,18-19,25-27H2,1-2H3,(H,54,55)(H,56,57)/t34-,35+/m1/s1. The molecule has 0 spiro atoms. The predicted molar refractivity (Wildman–Crippen MR) is 229 cm³/mol. The summed E-state index contributed by atoms with van der Waals surface area (Å²) in [4.78, 5) is 25.9. The molecule has 0 saturated carbocycles. The van der Waals surface area contributed by atoms with Gasteiger partial charge in [-0.15, -0.1) is 0 Å². The minimum Gasteiger partial charge on any atom is -0.492 e. The first-order chi connectivity index (χ1) is 28.8. The third-order valence-electron chi connectivity index (χ3n) is 9.85. The monoisotopic (exact) mass is 855 g/mol. The van der Waals surface area contributed by atoms with Crippen LogP contribution in [0.2, 0.25) is 10.0 Å². The summed E-state index contributed by atoms with van der Waals surface area (Å²) in [5, 5.41) is 50.8. The highest BCUT2D eigenvalue weighted by Crippen LogP contribution is 2.39. The molecule has 2 atom stereocenters. The van der Waals surface area contributed by atoms with Gasteiger partial charge in [-0.2, -0.15) is 5.26 Å². The number of pyridine rings is 1. The van der Waals surface area contributed by atoms with Crippen molar-refractivity contribution < 1.29 is 44.2 Å². The lowest BCUT2D eigenvalue weighted by Crippen LogP contribution is -2.31. The van der Waals surface area contributed by atoms with E-state index in [0.717, 1.165) is 44.5 Å². The molecule has 14 heteroatoms. The SMILES string of the molecule is Cc1c(COc2cc(OCc3cncc(C#N)c3)c(CCC[C@@H](O)CC(=O)O)cc2Cl)cccc1-c1cccc(-c2ccc(OCCNC[C@@H](O)CC(=O)O)cc2Cl)c1C. The first-order valence-electron chi connectivity index (χ1n) is 19.4. The lowest BCUT2D eigenvalue weighted by Gasteiger charge is -2.18. The van der Waals surface area contributed by atoms with Crippen LogP contribution < -0.4 is 19.5 Å². The number of halogens is 2. The van der Waals surface area contributed by atoms with E-state index in [1.165, 1.54) is 6.20 Å². The number of carboxylic acids is 2. The van der Waals surface area contributed by atoms with Gasteiger partial charge < -0.3 is 40.0 Å². The number of rotatable bonds is 22. The Morgan fingerprint density at radius 3 is 2.17 bits per heavy atom. The zero-order valence-corrected chi connectivity index (χ0v) is 34.8. The molecule has 12 nitrogen and oxygen atoms in total. The topological polar surface area (TPSA) is 191 Å². The zero-order valence-electron chi connectivity index (χ0n) is 33.3. The first kappa shape index (κ1) is 45.4. The highest BCUT2D eigenvalue weighted by Gasteiger charge is 2.18. The van der Waals surface area contributed by atoms with Gasteiger partial charge in [-0.3, -0.25) is 14.6 Å². The maximum absolute atomic E-state index is 11.0. The number of aliphatic carboxylic acids is 2. The molecule has 314 valence electrons. The van der Waals surface area contributed by atoms with Crippen LogP contribution in [0.5, 0.6) is 17.2 Å². The lowest BCUT2D eigenvalue weighted by molar-refractivity contribution is -0.140. The minimum absolute atomic E-state index is 0.129. The Morgan fingerprint density at radius 2 is 1.45 bits per heavy atom. The van der Waals surface area contributed by atoms with Crippen molar-refractivity contribution in [2.45, 2.75) is 71.4 Å². The van der Waals surface area contributed by atoms with Crippen LogP contribution in [-0.2, 0) is 29.2 Å². The largest absolute Gasteiger partial charge is 0.492 e. The molecule has 0 aliphatic heterocycles. The molecule has 0 aliphatic rings. The van der Waals surface area contributed by atoms with Crippen molar-refractivity contribution >= 4 is 35.1 Å². The van der Waals surface area contributed by atoms with Crippen LogP contribution in [0.15, 0.2) is 85.2 Å². The Morgan fingerprint density at radius 1 is 0.767 bits per heavy atom. The van der Waals surface area contributed by atoms with Gasteiger partial charge >= 0.3 is 11.9 Å². The van der Waals surface area contributed by atoms with Crippen LogP contribution in [0.25, 0.3) is 22.3 Å². The van der Waals surface area contributed by atoms with Crippen molar-refractivity contribution in [2.75, 3.05) is 19.7 Å². The molecule has 5 rings (SSSR count).